The highest BCUT2D eigenvalue weighted by atomic mass is 35.5. The number of nitrogens with zero attached hydrogens (tertiary/aromatic N) is 1. The Morgan fingerprint density at radius 3 is 2.34 bits per heavy atom. The van der Waals surface area contributed by atoms with E-state index in [-0.39, 0.29) is 27.4 Å². The van der Waals surface area contributed by atoms with Crippen molar-refractivity contribution in [1.82, 2.24) is 9.62 Å². The fourth-order valence-corrected chi connectivity index (χ4v) is 5.83. The molecule has 174 valence electrons. The van der Waals surface area contributed by atoms with Gasteiger partial charge in [0.2, 0.25) is 10.0 Å². The first-order valence-corrected chi connectivity index (χ1v) is 12.7. The molecule has 1 amide bonds. The summed E-state index contributed by atoms with van der Waals surface area (Å²) in [5.74, 6) is 0.666. The van der Waals surface area contributed by atoms with E-state index in [1.165, 1.54) is 22.5 Å². The molecule has 3 rings (SSSR count). The number of hydrogen-bond donors (Lipinski definition) is 1. The molecule has 0 radical (unpaired) electrons. The molecule has 1 unspecified atom stereocenters. The van der Waals surface area contributed by atoms with Gasteiger partial charge in [-0.3, -0.25) is 4.79 Å². The SMILES string of the molecule is COc1cc(C)c(C(C)NC(=O)c2cc(S(=O)(=O)N3CCCC3)ccc2Cl)cc1C(C)C. The van der Waals surface area contributed by atoms with Crippen LogP contribution in [0.4, 0.5) is 0 Å². The predicted molar refractivity (Wildman–Crippen MR) is 127 cm³/mol. The lowest BCUT2D eigenvalue weighted by atomic mass is 9.93. The highest BCUT2D eigenvalue weighted by Gasteiger charge is 2.28. The topological polar surface area (TPSA) is 75.7 Å². The van der Waals surface area contributed by atoms with E-state index in [1.54, 1.807) is 7.11 Å². The molecule has 0 saturated carbocycles. The van der Waals surface area contributed by atoms with E-state index in [9.17, 15) is 13.2 Å². The van der Waals surface area contributed by atoms with Crippen LogP contribution in [-0.4, -0.2) is 38.8 Å². The fraction of sp³-hybridized carbons (Fsp3) is 0.458. The number of rotatable bonds is 7. The zero-order valence-electron chi connectivity index (χ0n) is 19.2. The summed E-state index contributed by atoms with van der Waals surface area (Å²) in [4.78, 5) is 13.2. The van der Waals surface area contributed by atoms with E-state index >= 15 is 0 Å². The Morgan fingerprint density at radius 2 is 1.75 bits per heavy atom. The Kier molecular flexibility index (Phi) is 7.53. The summed E-state index contributed by atoms with van der Waals surface area (Å²) >= 11 is 6.28. The third-order valence-electron chi connectivity index (χ3n) is 5.94. The van der Waals surface area contributed by atoms with Crippen LogP contribution in [0.3, 0.4) is 0 Å². The number of halogens is 1. The van der Waals surface area contributed by atoms with Crippen molar-refractivity contribution in [1.29, 1.82) is 0 Å². The maximum absolute atomic E-state index is 13.1. The van der Waals surface area contributed by atoms with Crippen LogP contribution in [0.5, 0.6) is 5.75 Å². The molecule has 1 heterocycles. The second-order valence-corrected chi connectivity index (χ2v) is 10.9. The zero-order valence-corrected chi connectivity index (χ0v) is 20.8. The van der Waals surface area contributed by atoms with Crippen molar-refractivity contribution < 1.29 is 17.9 Å². The van der Waals surface area contributed by atoms with Gasteiger partial charge in [-0.25, -0.2) is 8.42 Å². The molecule has 1 fully saturated rings. The van der Waals surface area contributed by atoms with Crippen molar-refractivity contribution >= 4 is 27.5 Å². The first kappa shape index (κ1) is 24.6. The van der Waals surface area contributed by atoms with E-state index in [0.717, 1.165) is 35.3 Å². The van der Waals surface area contributed by atoms with E-state index in [0.29, 0.717) is 13.1 Å². The average molecular weight is 479 g/mol. The summed E-state index contributed by atoms with van der Waals surface area (Å²) in [7, 11) is -1.99. The Bertz CT molecular complexity index is 1110. The molecule has 1 aliphatic heterocycles. The maximum atomic E-state index is 13.1. The van der Waals surface area contributed by atoms with Crippen LogP contribution in [0.15, 0.2) is 35.2 Å². The molecular formula is C24H31ClN2O4S. The minimum Gasteiger partial charge on any atom is -0.496 e. The van der Waals surface area contributed by atoms with Crippen molar-refractivity contribution in [3.8, 4) is 5.75 Å². The van der Waals surface area contributed by atoms with Gasteiger partial charge >= 0.3 is 0 Å². The number of ether oxygens (including phenoxy) is 1. The van der Waals surface area contributed by atoms with Crippen LogP contribution in [0.2, 0.25) is 5.02 Å². The Balaban J connectivity index is 1.88. The van der Waals surface area contributed by atoms with Crippen molar-refractivity contribution in [2.24, 2.45) is 0 Å². The van der Waals surface area contributed by atoms with Gasteiger partial charge in [-0.05, 0) is 79.6 Å². The Morgan fingerprint density at radius 1 is 1.09 bits per heavy atom. The smallest absolute Gasteiger partial charge is 0.253 e. The lowest BCUT2D eigenvalue weighted by molar-refractivity contribution is 0.0939. The monoisotopic (exact) mass is 478 g/mol. The molecule has 0 spiro atoms. The summed E-state index contributed by atoms with van der Waals surface area (Å²) in [6.45, 7) is 9.05. The average Bonchev–Trinajstić information content (AvgIpc) is 3.29. The number of aryl methyl sites for hydroxylation is 1. The maximum Gasteiger partial charge on any atom is 0.253 e. The largest absolute Gasteiger partial charge is 0.496 e. The Labute approximate surface area is 196 Å². The normalized spacial score (nSPS) is 15.7. The van der Waals surface area contributed by atoms with Crippen molar-refractivity contribution in [2.75, 3.05) is 20.2 Å². The standard InChI is InChI=1S/C24H31ClN2O4S/c1-15(2)19-14-20(16(3)12-23(19)31-5)17(4)26-24(28)21-13-18(8-9-22(21)25)32(29,30)27-10-6-7-11-27/h8-9,12-15,17H,6-7,10-11H2,1-5H3,(H,26,28). The molecule has 1 atom stereocenters. The molecule has 6 nitrogen and oxygen atoms in total. The molecule has 1 N–H and O–H groups in total. The molecule has 2 aromatic carbocycles. The van der Waals surface area contributed by atoms with Gasteiger partial charge in [0.1, 0.15) is 5.75 Å². The van der Waals surface area contributed by atoms with Gasteiger partial charge in [-0.2, -0.15) is 4.31 Å². The Hall–Kier alpha value is -2.09. The van der Waals surface area contributed by atoms with Gasteiger partial charge in [-0.1, -0.05) is 25.4 Å². The third-order valence-corrected chi connectivity index (χ3v) is 8.16. The highest BCUT2D eigenvalue weighted by molar-refractivity contribution is 7.89. The van der Waals surface area contributed by atoms with E-state index in [4.69, 9.17) is 16.3 Å². The van der Waals surface area contributed by atoms with Crippen molar-refractivity contribution in [2.45, 2.75) is 57.4 Å². The fourth-order valence-electron chi connectivity index (χ4n) is 4.08. The lowest BCUT2D eigenvalue weighted by Gasteiger charge is -2.21. The second kappa shape index (κ2) is 9.81. The number of carbonyl (C=O) groups is 1. The van der Waals surface area contributed by atoms with E-state index in [2.05, 4.69) is 25.2 Å². The molecule has 1 saturated heterocycles. The van der Waals surface area contributed by atoms with Gasteiger partial charge in [0.15, 0.2) is 0 Å². The lowest BCUT2D eigenvalue weighted by Crippen LogP contribution is -2.29. The van der Waals surface area contributed by atoms with Gasteiger partial charge in [-0.15, -0.1) is 0 Å². The number of benzene rings is 2. The number of nitrogens with one attached hydrogen (secondary N) is 1. The van der Waals surface area contributed by atoms with Crippen LogP contribution in [0.25, 0.3) is 0 Å². The highest BCUT2D eigenvalue weighted by Crippen LogP contribution is 2.32. The van der Waals surface area contributed by atoms with Gasteiger partial charge in [0.05, 0.1) is 28.6 Å². The first-order valence-electron chi connectivity index (χ1n) is 10.8. The van der Waals surface area contributed by atoms with Crippen LogP contribution in [0, 0.1) is 6.92 Å². The van der Waals surface area contributed by atoms with Crippen molar-refractivity contribution in [3.05, 3.63) is 57.6 Å². The molecular weight excluding hydrogens is 448 g/mol. The van der Waals surface area contributed by atoms with Crippen LogP contribution in [0.1, 0.15) is 72.6 Å². The number of methoxy groups -OCH3 is 1. The minimum absolute atomic E-state index is 0.0873. The first-order chi connectivity index (χ1) is 15.1. The summed E-state index contributed by atoms with van der Waals surface area (Å²) in [6.07, 6.45) is 1.69. The van der Waals surface area contributed by atoms with E-state index < -0.39 is 15.9 Å². The van der Waals surface area contributed by atoms with Gasteiger partial charge < -0.3 is 10.1 Å². The summed E-state index contributed by atoms with van der Waals surface area (Å²) in [5.41, 5.74) is 3.18. The van der Waals surface area contributed by atoms with E-state index in [1.807, 2.05) is 19.9 Å². The summed E-state index contributed by atoms with van der Waals surface area (Å²) in [5, 5.41) is 3.19. The molecule has 0 aliphatic carbocycles. The summed E-state index contributed by atoms with van der Waals surface area (Å²) < 4.78 is 32.8. The molecule has 8 heteroatoms. The minimum atomic E-state index is -3.64. The number of carbonyl (C=O) groups excluding carboxylic acids is 1. The molecule has 32 heavy (non-hydrogen) atoms. The van der Waals surface area contributed by atoms with Gasteiger partial charge in [0, 0.05) is 13.1 Å². The molecule has 0 bridgehead atoms. The summed E-state index contributed by atoms with van der Waals surface area (Å²) in [6, 6.07) is 8.03. The van der Waals surface area contributed by atoms with Crippen LogP contribution in [-0.2, 0) is 10.0 Å². The van der Waals surface area contributed by atoms with Crippen LogP contribution >= 0.6 is 11.6 Å². The number of amides is 1. The molecule has 2 aromatic rings. The number of hydrogen-bond acceptors (Lipinski definition) is 4. The number of sulfonamides is 1. The molecule has 0 aromatic heterocycles. The molecule has 1 aliphatic rings. The quantitative estimate of drug-likeness (QED) is 0.603. The second-order valence-electron chi connectivity index (χ2n) is 8.55. The zero-order chi connectivity index (χ0) is 23.6. The predicted octanol–water partition coefficient (Wildman–Crippen LogP) is 5.06. The van der Waals surface area contributed by atoms with Gasteiger partial charge in [0.25, 0.3) is 5.91 Å². The third kappa shape index (κ3) is 4.95. The van der Waals surface area contributed by atoms with Crippen LogP contribution < -0.4 is 10.1 Å². The van der Waals surface area contributed by atoms with Crippen molar-refractivity contribution in [3.63, 3.8) is 0 Å².